The third-order valence-electron chi connectivity index (χ3n) is 4.02. The zero-order chi connectivity index (χ0) is 12.5. The van der Waals surface area contributed by atoms with Gasteiger partial charge in [-0.25, -0.2) is 0 Å². The summed E-state index contributed by atoms with van der Waals surface area (Å²) in [6.45, 7) is 2.22. The van der Waals surface area contributed by atoms with Gasteiger partial charge in [0, 0.05) is 28.7 Å². The lowest BCUT2D eigenvalue weighted by Crippen LogP contribution is -2.36. The van der Waals surface area contributed by atoms with E-state index in [2.05, 4.69) is 17.2 Å². The minimum atomic E-state index is 0.0546. The van der Waals surface area contributed by atoms with Gasteiger partial charge in [0.25, 0.3) is 5.91 Å². The number of hydrogen-bond acceptors (Lipinski definition) is 1. The van der Waals surface area contributed by atoms with E-state index in [9.17, 15) is 4.79 Å². The molecule has 18 heavy (non-hydrogen) atoms. The average molecular weight is 242 g/mol. The zero-order valence-corrected chi connectivity index (χ0v) is 10.6. The molecule has 0 radical (unpaired) electrons. The van der Waals surface area contributed by atoms with Gasteiger partial charge in [-0.3, -0.25) is 4.79 Å². The SMILES string of the molecule is CC1CCCC1NC(=O)c1cccc2[nH]ccc12. The molecule has 2 N–H and O–H groups in total. The standard InChI is InChI=1S/C15H18N2O/c1-10-4-2-6-13(10)17-15(18)12-5-3-7-14-11(12)8-9-16-14/h3,5,7-10,13,16H,2,4,6H2,1H3,(H,17,18). The first kappa shape index (κ1) is 11.3. The summed E-state index contributed by atoms with van der Waals surface area (Å²) in [5.74, 6) is 0.651. The monoisotopic (exact) mass is 242 g/mol. The molecule has 2 unspecified atom stereocenters. The Labute approximate surface area is 107 Å². The average Bonchev–Trinajstić information content (AvgIpc) is 2.98. The van der Waals surface area contributed by atoms with Gasteiger partial charge in [-0.05, 0) is 37.0 Å². The topological polar surface area (TPSA) is 44.9 Å². The summed E-state index contributed by atoms with van der Waals surface area (Å²) in [7, 11) is 0. The highest BCUT2D eigenvalue weighted by Crippen LogP contribution is 2.25. The Balaban J connectivity index is 1.85. The predicted molar refractivity (Wildman–Crippen MR) is 72.6 cm³/mol. The Bertz CT molecular complexity index is 573. The van der Waals surface area contributed by atoms with Crippen LogP contribution in [0.15, 0.2) is 30.5 Å². The quantitative estimate of drug-likeness (QED) is 0.835. The Morgan fingerprint density at radius 2 is 2.22 bits per heavy atom. The molecule has 1 heterocycles. The van der Waals surface area contributed by atoms with Gasteiger partial charge in [0.1, 0.15) is 0 Å². The van der Waals surface area contributed by atoms with Crippen molar-refractivity contribution in [1.29, 1.82) is 0 Å². The lowest BCUT2D eigenvalue weighted by atomic mass is 10.0. The molecule has 3 rings (SSSR count). The minimum Gasteiger partial charge on any atom is -0.361 e. The first-order valence-electron chi connectivity index (χ1n) is 6.62. The van der Waals surface area contributed by atoms with Crippen LogP contribution in [-0.2, 0) is 0 Å². The number of benzene rings is 1. The van der Waals surface area contributed by atoms with E-state index in [-0.39, 0.29) is 5.91 Å². The van der Waals surface area contributed by atoms with E-state index in [0.717, 1.165) is 22.9 Å². The van der Waals surface area contributed by atoms with Gasteiger partial charge < -0.3 is 10.3 Å². The van der Waals surface area contributed by atoms with Crippen molar-refractivity contribution in [3.63, 3.8) is 0 Å². The second kappa shape index (κ2) is 4.48. The van der Waals surface area contributed by atoms with E-state index in [1.54, 1.807) is 0 Å². The van der Waals surface area contributed by atoms with Gasteiger partial charge in [0.05, 0.1) is 0 Å². The fourth-order valence-electron chi connectivity index (χ4n) is 2.89. The maximum atomic E-state index is 12.3. The molecule has 1 aliphatic rings. The van der Waals surface area contributed by atoms with Crippen molar-refractivity contribution in [1.82, 2.24) is 10.3 Å². The highest BCUT2D eigenvalue weighted by Gasteiger charge is 2.25. The van der Waals surface area contributed by atoms with Crippen molar-refractivity contribution in [2.45, 2.75) is 32.2 Å². The van der Waals surface area contributed by atoms with Crippen LogP contribution < -0.4 is 5.32 Å². The first-order valence-corrected chi connectivity index (χ1v) is 6.62. The van der Waals surface area contributed by atoms with Gasteiger partial charge in [0.2, 0.25) is 0 Å². The van der Waals surface area contributed by atoms with Crippen LogP contribution in [-0.4, -0.2) is 16.9 Å². The fraction of sp³-hybridized carbons (Fsp3) is 0.400. The van der Waals surface area contributed by atoms with Crippen LogP contribution in [0.4, 0.5) is 0 Å². The summed E-state index contributed by atoms with van der Waals surface area (Å²) >= 11 is 0. The highest BCUT2D eigenvalue weighted by molar-refractivity contribution is 6.06. The molecule has 1 aromatic heterocycles. The van der Waals surface area contributed by atoms with E-state index in [0.29, 0.717) is 12.0 Å². The molecule has 0 aliphatic heterocycles. The molecule has 3 heteroatoms. The smallest absolute Gasteiger partial charge is 0.252 e. The van der Waals surface area contributed by atoms with E-state index < -0.39 is 0 Å². The van der Waals surface area contributed by atoms with Gasteiger partial charge >= 0.3 is 0 Å². The van der Waals surface area contributed by atoms with Crippen LogP contribution in [0, 0.1) is 5.92 Å². The number of fused-ring (bicyclic) bond motifs is 1. The van der Waals surface area contributed by atoms with Crippen LogP contribution in [0.3, 0.4) is 0 Å². The summed E-state index contributed by atoms with van der Waals surface area (Å²) in [5.41, 5.74) is 1.79. The van der Waals surface area contributed by atoms with Gasteiger partial charge in [-0.2, -0.15) is 0 Å². The molecule has 1 amide bonds. The number of aromatic amines is 1. The van der Waals surface area contributed by atoms with Crippen molar-refractivity contribution in [2.24, 2.45) is 5.92 Å². The van der Waals surface area contributed by atoms with Crippen LogP contribution in [0.5, 0.6) is 0 Å². The Morgan fingerprint density at radius 1 is 1.33 bits per heavy atom. The van der Waals surface area contributed by atoms with Crippen molar-refractivity contribution < 1.29 is 4.79 Å². The lowest BCUT2D eigenvalue weighted by Gasteiger charge is -2.17. The van der Waals surface area contributed by atoms with Gasteiger partial charge in [-0.15, -0.1) is 0 Å². The van der Waals surface area contributed by atoms with E-state index >= 15 is 0 Å². The van der Waals surface area contributed by atoms with Crippen LogP contribution in [0.25, 0.3) is 10.9 Å². The molecule has 1 aromatic carbocycles. The molecule has 2 aromatic rings. The Hall–Kier alpha value is -1.77. The van der Waals surface area contributed by atoms with Crippen molar-refractivity contribution in [3.8, 4) is 0 Å². The maximum absolute atomic E-state index is 12.3. The summed E-state index contributed by atoms with van der Waals surface area (Å²) in [5, 5.41) is 4.17. The predicted octanol–water partition coefficient (Wildman–Crippen LogP) is 3.09. The molecule has 2 atom stereocenters. The van der Waals surface area contributed by atoms with Crippen LogP contribution >= 0.6 is 0 Å². The Kier molecular flexibility index (Phi) is 2.82. The number of H-pyrrole nitrogens is 1. The third kappa shape index (κ3) is 1.90. The van der Waals surface area contributed by atoms with E-state index in [1.165, 1.54) is 12.8 Å². The first-order chi connectivity index (χ1) is 8.75. The van der Waals surface area contributed by atoms with Crippen LogP contribution in [0.1, 0.15) is 36.5 Å². The number of hydrogen-bond donors (Lipinski definition) is 2. The second-order valence-corrected chi connectivity index (χ2v) is 5.23. The molecule has 0 spiro atoms. The number of amides is 1. The zero-order valence-electron chi connectivity index (χ0n) is 10.6. The largest absolute Gasteiger partial charge is 0.361 e. The number of rotatable bonds is 2. The molecular formula is C15H18N2O. The molecule has 1 fully saturated rings. The maximum Gasteiger partial charge on any atom is 0.252 e. The third-order valence-corrected chi connectivity index (χ3v) is 4.02. The second-order valence-electron chi connectivity index (χ2n) is 5.23. The molecule has 1 aliphatic carbocycles. The van der Waals surface area contributed by atoms with E-state index in [1.807, 2.05) is 30.5 Å². The minimum absolute atomic E-state index is 0.0546. The van der Waals surface area contributed by atoms with Crippen molar-refractivity contribution in [2.75, 3.05) is 0 Å². The number of aromatic nitrogens is 1. The summed E-state index contributed by atoms with van der Waals surface area (Å²) in [6.07, 6.45) is 5.43. The molecule has 0 bridgehead atoms. The molecular weight excluding hydrogens is 224 g/mol. The molecule has 1 saturated carbocycles. The van der Waals surface area contributed by atoms with Crippen LogP contribution in [0.2, 0.25) is 0 Å². The van der Waals surface area contributed by atoms with Gasteiger partial charge in [0.15, 0.2) is 0 Å². The van der Waals surface area contributed by atoms with Crippen molar-refractivity contribution in [3.05, 3.63) is 36.0 Å². The lowest BCUT2D eigenvalue weighted by molar-refractivity contribution is 0.0931. The normalized spacial score (nSPS) is 23.4. The molecule has 94 valence electrons. The van der Waals surface area contributed by atoms with Crippen molar-refractivity contribution >= 4 is 16.8 Å². The molecule has 3 nitrogen and oxygen atoms in total. The number of nitrogens with one attached hydrogen (secondary N) is 2. The summed E-state index contributed by atoms with van der Waals surface area (Å²) < 4.78 is 0. The summed E-state index contributed by atoms with van der Waals surface area (Å²) in [6, 6.07) is 8.11. The van der Waals surface area contributed by atoms with Gasteiger partial charge in [-0.1, -0.05) is 19.4 Å². The molecule has 0 saturated heterocycles. The number of carbonyl (C=O) groups excluding carboxylic acids is 1. The fourth-order valence-corrected chi connectivity index (χ4v) is 2.89. The Morgan fingerprint density at radius 3 is 3.00 bits per heavy atom. The highest BCUT2D eigenvalue weighted by atomic mass is 16.1. The number of carbonyl (C=O) groups is 1. The summed E-state index contributed by atoms with van der Waals surface area (Å²) in [4.78, 5) is 15.5. The van der Waals surface area contributed by atoms with E-state index in [4.69, 9.17) is 0 Å².